The largest absolute Gasteiger partial charge is 0.367 e. The van der Waals surface area contributed by atoms with Gasteiger partial charge in [-0.05, 0) is 37.7 Å². The van der Waals surface area contributed by atoms with Crippen LogP contribution in [0.25, 0.3) is 0 Å². The first-order chi connectivity index (χ1) is 6.97. The highest BCUT2D eigenvalue weighted by Crippen LogP contribution is 2.05. The Morgan fingerprint density at radius 1 is 1.27 bits per heavy atom. The molecule has 0 spiro atoms. The Morgan fingerprint density at radius 3 is 2.27 bits per heavy atom. The fourth-order valence-electron chi connectivity index (χ4n) is 0.950. The second-order valence-electron chi connectivity index (χ2n) is 3.67. The SMILES string of the molecule is C#C/C(=C\C=C(/C)Br)N(C)CCN(C)C. The molecule has 0 aromatic carbocycles. The second-order valence-corrected chi connectivity index (χ2v) is 4.93. The first kappa shape index (κ1) is 14.3. The smallest absolute Gasteiger partial charge is 0.0874 e. The van der Waals surface area contributed by atoms with Crippen LogP contribution < -0.4 is 0 Å². The van der Waals surface area contributed by atoms with Gasteiger partial charge in [0.15, 0.2) is 0 Å². The molecular weight excluding hydrogens is 252 g/mol. The molecule has 0 N–H and O–H groups in total. The van der Waals surface area contributed by atoms with Crippen LogP contribution in [0.1, 0.15) is 6.92 Å². The lowest BCUT2D eigenvalue weighted by Gasteiger charge is -2.20. The van der Waals surface area contributed by atoms with Crippen molar-refractivity contribution in [2.45, 2.75) is 6.92 Å². The molecule has 0 bridgehead atoms. The molecule has 0 aliphatic heterocycles. The molecule has 0 radical (unpaired) electrons. The third-order valence-corrected chi connectivity index (χ3v) is 2.18. The van der Waals surface area contributed by atoms with E-state index in [0.29, 0.717) is 0 Å². The monoisotopic (exact) mass is 270 g/mol. The van der Waals surface area contributed by atoms with Crippen LogP contribution in [0.2, 0.25) is 0 Å². The average molecular weight is 271 g/mol. The van der Waals surface area contributed by atoms with E-state index in [-0.39, 0.29) is 0 Å². The summed E-state index contributed by atoms with van der Waals surface area (Å²) >= 11 is 3.36. The first-order valence-electron chi connectivity index (χ1n) is 4.84. The van der Waals surface area contributed by atoms with Gasteiger partial charge in [0.1, 0.15) is 0 Å². The molecular formula is C12H19BrN2. The molecule has 0 unspecified atom stereocenters. The van der Waals surface area contributed by atoms with Gasteiger partial charge in [-0.1, -0.05) is 21.9 Å². The number of halogens is 1. The first-order valence-corrected chi connectivity index (χ1v) is 5.63. The summed E-state index contributed by atoms with van der Waals surface area (Å²) in [6, 6.07) is 0. The molecule has 0 saturated heterocycles. The van der Waals surface area contributed by atoms with Crippen LogP contribution in [0.15, 0.2) is 22.3 Å². The van der Waals surface area contributed by atoms with Crippen molar-refractivity contribution in [1.82, 2.24) is 9.80 Å². The van der Waals surface area contributed by atoms with E-state index in [1.165, 1.54) is 0 Å². The summed E-state index contributed by atoms with van der Waals surface area (Å²) in [5.74, 6) is 2.68. The molecule has 0 saturated carbocycles. The summed E-state index contributed by atoms with van der Waals surface area (Å²) in [6.45, 7) is 3.90. The molecule has 15 heavy (non-hydrogen) atoms. The highest BCUT2D eigenvalue weighted by Gasteiger charge is 2.00. The van der Waals surface area contributed by atoms with Crippen molar-refractivity contribution in [3.05, 3.63) is 22.3 Å². The van der Waals surface area contributed by atoms with E-state index in [1.54, 1.807) is 0 Å². The van der Waals surface area contributed by atoms with Crippen molar-refractivity contribution in [3.8, 4) is 12.3 Å². The maximum absolute atomic E-state index is 5.45. The average Bonchev–Trinajstić information content (AvgIpc) is 2.15. The van der Waals surface area contributed by atoms with Gasteiger partial charge in [0.25, 0.3) is 0 Å². The van der Waals surface area contributed by atoms with Crippen molar-refractivity contribution >= 4 is 15.9 Å². The third-order valence-electron chi connectivity index (χ3n) is 1.91. The maximum Gasteiger partial charge on any atom is 0.0874 e. The normalized spacial score (nSPS) is 12.9. The van der Waals surface area contributed by atoms with Gasteiger partial charge >= 0.3 is 0 Å². The number of nitrogens with zero attached hydrogens (tertiary/aromatic N) is 2. The molecule has 0 aliphatic rings. The lowest BCUT2D eigenvalue weighted by atomic mass is 10.3. The Bertz CT molecular complexity index is 280. The van der Waals surface area contributed by atoms with Crippen LogP contribution in [0.3, 0.4) is 0 Å². The zero-order chi connectivity index (χ0) is 11.8. The van der Waals surface area contributed by atoms with Crippen LogP contribution in [0, 0.1) is 12.3 Å². The zero-order valence-electron chi connectivity index (χ0n) is 9.92. The minimum absolute atomic E-state index is 0.899. The molecule has 0 rings (SSSR count). The van der Waals surface area contributed by atoms with Crippen molar-refractivity contribution in [2.75, 3.05) is 34.2 Å². The summed E-state index contributed by atoms with van der Waals surface area (Å²) < 4.78 is 1.07. The highest BCUT2D eigenvalue weighted by molar-refractivity contribution is 9.11. The van der Waals surface area contributed by atoms with Crippen LogP contribution in [0.5, 0.6) is 0 Å². The molecule has 0 amide bonds. The molecule has 0 fully saturated rings. The quantitative estimate of drug-likeness (QED) is 0.559. The Hall–Kier alpha value is -0.720. The molecule has 0 heterocycles. The standard InChI is InChI=1S/C12H19BrN2/c1-6-12(8-7-11(2)13)15(5)10-9-14(3)4/h1,7-8H,9-10H2,2-5H3/b11-7+,12-8+. The highest BCUT2D eigenvalue weighted by atomic mass is 79.9. The maximum atomic E-state index is 5.45. The Kier molecular flexibility index (Phi) is 7.19. The van der Waals surface area contributed by atoms with Gasteiger partial charge in [0.05, 0.1) is 5.70 Å². The minimum Gasteiger partial charge on any atom is -0.367 e. The van der Waals surface area contributed by atoms with E-state index in [0.717, 1.165) is 23.3 Å². The summed E-state index contributed by atoms with van der Waals surface area (Å²) in [6.07, 6.45) is 9.35. The molecule has 2 nitrogen and oxygen atoms in total. The van der Waals surface area contributed by atoms with E-state index in [1.807, 2.05) is 26.1 Å². The van der Waals surface area contributed by atoms with Gasteiger partial charge < -0.3 is 9.80 Å². The van der Waals surface area contributed by atoms with Crippen molar-refractivity contribution in [3.63, 3.8) is 0 Å². The second kappa shape index (κ2) is 7.56. The van der Waals surface area contributed by atoms with Gasteiger partial charge in [-0.25, -0.2) is 0 Å². The van der Waals surface area contributed by atoms with E-state index < -0.39 is 0 Å². The van der Waals surface area contributed by atoms with Crippen LogP contribution >= 0.6 is 15.9 Å². The predicted octanol–water partition coefficient (Wildman–Crippen LogP) is 2.30. The van der Waals surface area contributed by atoms with Gasteiger partial charge in [0.2, 0.25) is 0 Å². The van der Waals surface area contributed by atoms with Crippen molar-refractivity contribution in [2.24, 2.45) is 0 Å². The van der Waals surface area contributed by atoms with Crippen molar-refractivity contribution in [1.29, 1.82) is 0 Å². The molecule has 0 aromatic rings. The number of hydrogen-bond acceptors (Lipinski definition) is 2. The number of hydrogen-bond donors (Lipinski definition) is 0. The fourth-order valence-corrected chi connectivity index (χ4v) is 1.08. The van der Waals surface area contributed by atoms with E-state index >= 15 is 0 Å². The van der Waals surface area contributed by atoms with Gasteiger partial charge in [-0.3, -0.25) is 0 Å². The van der Waals surface area contributed by atoms with Gasteiger partial charge in [0, 0.05) is 20.1 Å². The minimum atomic E-state index is 0.899. The van der Waals surface area contributed by atoms with Crippen LogP contribution in [0.4, 0.5) is 0 Å². The predicted molar refractivity (Wildman–Crippen MR) is 70.8 cm³/mol. The zero-order valence-corrected chi connectivity index (χ0v) is 11.5. The molecule has 0 aliphatic carbocycles. The number of likely N-dealkylation sites (N-methyl/N-ethyl adjacent to an activating group) is 2. The molecule has 84 valence electrons. The number of allylic oxidation sites excluding steroid dienone is 4. The lowest BCUT2D eigenvalue weighted by Crippen LogP contribution is -2.27. The Labute approximate surface area is 102 Å². The Balaban J connectivity index is 4.36. The molecule has 0 atom stereocenters. The van der Waals surface area contributed by atoms with Gasteiger partial charge in [-0.2, -0.15) is 0 Å². The van der Waals surface area contributed by atoms with Crippen molar-refractivity contribution < 1.29 is 0 Å². The Morgan fingerprint density at radius 2 is 1.87 bits per heavy atom. The summed E-state index contributed by atoms with van der Waals surface area (Å²) in [7, 11) is 6.11. The van der Waals surface area contributed by atoms with E-state index in [2.05, 4.69) is 45.7 Å². The summed E-state index contributed by atoms with van der Waals surface area (Å²) in [4.78, 5) is 4.21. The lowest BCUT2D eigenvalue weighted by molar-refractivity contribution is 0.332. The van der Waals surface area contributed by atoms with Gasteiger partial charge in [-0.15, -0.1) is 6.42 Å². The molecule has 3 heteroatoms. The van der Waals surface area contributed by atoms with Crippen LogP contribution in [-0.4, -0.2) is 44.0 Å². The topological polar surface area (TPSA) is 6.48 Å². The number of rotatable bonds is 5. The molecule has 0 aromatic heterocycles. The van der Waals surface area contributed by atoms with Crippen LogP contribution in [-0.2, 0) is 0 Å². The summed E-state index contributed by atoms with van der Waals surface area (Å²) in [5.41, 5.74) is 0.899. The summed E-state index contributed by atoms with van der Waals surface area (Å²) in [5, 5.41) is 0. The van der Waals surface area contributed by atoms with E-state index in [9.17, 15) is 0 Å². The number of terminal acetylenes is 1. The van der Waals surface area contributed by atoms with E-state index in [4.69, 9.17) is 6.42 Å². The fraction of sp³-hybridized carbons (Fsp3) is 0.500. The third kappa shape index (κ3) is 7.24.